The van der Waals surface area contributed by atoms with Gasteiger partial charge in [-0.1, -0.05) is 38.0 Å². The van der Waals surface area contributed by atoms with E-state index in [2.05, 4.69) is 6.92 Å². The fourth-order valence-corrected chi connectivity index (χ4v) is 3.60. The summed E-state index contributed by atoms with van der Waals surface area (Å²) in [5.41, 5.74) is 6.84. The van der Waals surface area contributed by atoms with Crippen molar-refractivity contribution in [1.29, 1.82) is 0 Å². The van der Waals surface area contributed by atoms with Crippen LogP contribution < -0.4 is 10.5 Å². The molecule has 0 aromatic heterocycles. The van der Waals surface area contributed by atoms with E-state index in [0.717, 1.165) is 30.6 Å². The molecule has 21 heavy (non-hydrogen) atoms. The molecule has 4 heteroatoms. The minimum atomic E-state index is -0.684. The third-order valence-corrected chi connectivity index (χ3v) is 4.70. The van der Waals surface area contributed by atoms with Gasteiger partial charge >= 0.3 is 0 Å². The quantitative estimate of drug-likeness (QED) is 0.863. The first kappa shape index (κ1) is 14.4. The van der Waals surface area contributed by atoms with Gasteiger partial charge in [-0.2, -0.15) is 0 Å². The maximum absolute atomic E-state index is 12.9. The highest BCUT2D eigenvalue weighted by molar-refractivity contribution is 5.86. The lowest BCUT2D eigenvalue weighted by molar-refractivity contribution is -0.139. The van der Waals surface area contributed by atoms with Crippen LogP contribution in [0.2, 0.25) is 0 Å². The smallest absolute Gasteiger partial charge is 0.243 e. The van der Waals surface area contributed by atoms with Crippen LogP contribution in [0.3, 0.4) is 0 Å². The average molecular weight is 288 g/mol. The minimum absolute atomic E-state index is 0.0920. The highest BCUT2D eigenvalue weighted by atomic mass is 16.5. The van der Waals surface area contributed by atoms with E-state index < -0.39 is 5.54 Å². The van der Waals surface area contributed by atoms with Gasteiger partial charge < -0.3 is 15.4 Å². The van der Waals surface area contributed by atoms with E-state index in [1.807, 2.05) is 29.2 Å². The molecule has 114 valence electrons. The van der Waals surface area contributed by atoms with E-state index in [4.69, 9.17) is 10.5 Å². The van der Waals surface area contributed by atoms with Crippen molar-refractivity contribution in [3.63, 3.8) is 0 Å². The van der Waals surface area contributed by atoms with Crippen molar-refractivity contribution in [3.8, 4) is 5.75 Å². The highest BCUT2D eigenvalue weighted by Crippen LogP contribution is 2.33. The van der Waals surface area contributed by atoms with Gasteiger partial charge in [-0.15, -0.1) is 0 Å². The Balaban J connectivity index is 1.79. The lowest BCUT2D eigenvalue weighted by Gasteiger charge is -2.38. The third-order valence-electron chi connectivity index (χ3n) is 4.70. The first-order chi connectivity index (χ1) is 10.1. The molecular weight excluding hydrogens is 264 g/mol. The predicted octanol–water partition coefficient (Wildman–Crippen LogP) is 2.32. The van der Waals surface area contributed by atoms with Gasteiger partial charge in [0.1, 0.15) is 12.4 Å². The van der Waals surface area contributed by atoms with Gasteiger partial charge in [0, 0.05) is 12.1 Å². The van der Waals surface area contributed by atoms with E-state index in [9.17, 15) is 4.79 Å². The fraction of sp³-hybridized carbons (Fsp3) is 0.588. The van der Waals surface area contributed by atoms with Crippen LogP contribution in [0.4, 0.5) is 0 Å². The number of benzene rings is 1. The molecule has 1 aliphatic carbocycles. The van der Waals surface area contributed by atoms with Gasteiger partial charge in [0.15, 0.2) is 0 Å². The summed E-state index contributed by atoms with van der Waals surface area (Å²) in [5, 5.41) is 0. The second-order valence-electron chi connectivity index (χ2n) is 6.54. The SMILES string of the molecule is CC1CCCC(N)(C(=O)N2CCOc3ccccc3C2)C1. The summed E-state index contributed by atoms with van der Waals surface area (Å²) < 4.78 is 5.74. The minimum Gasteiger partial charge on any atom is -0.491 e. The van der Waals surface area contributed by atoms with Gasteiger partial charge in [0.2, 0.25) is 5.91 Å². The Morgan fingerprint density at radius 2 is 2.24 bits per heavy atom. The molecule has 2 unspecified atom stereocenters. The molecule has 1 saturated carbocycles. The summed E-state index contributed by atoms with van der Waals surface area (Å²) in [6.07, 6.45) is 3.82. The zero-order chi connectivity index (χ0) is 14.9. The lowest BCUT2D eigenvalue weighted by Crippen LogP contribution is -2.57. The maximum Gasteiger partial charge on any atom is 0.243 e. The van der Waals surface area contributed by atoms with E-state index in [1.54, 1.807) is 0 Å². The van der Waals surface area contributed by atoms with Crippen LogP contribution in [0, 0.1) is 5.92 Å². The van der Waals surface area contributed by atoms with Gasteiger partial charge in [-0.05, 0) is 24.8 Å². The molecule has 2 atom stereocenters. The topological polar surface area (TPSA) is 55.6 Å². The van der Waals surface area contributed by atoms with E-state index in [1.165, 1.54) is 6.42 Å². The summed E-state index contributed by atoms with van der Waals surface area (Å²) >= 11 is 0. The molecular formula is C17H24N2O2. The number of hydrogen-bond acceptors (Lipinski definition) is 3. The van der Waals surface area contributed by atoms with Gasteiger partial charge in [0.25, 0.3) is 0 Å². The van der Waals surface area contributed by atoms with Crippen molar-refractivity contribution in [1.82, 2.24) is 4.90 Å². The lowest BCUT2D eigenvalue weighted by atomic mass is 9.76. The maximum atomic E-state index is 12.9. The number of carbonyl (C=O) groups is 1. The number of amides is 1. The van der Waals surface area contributed by atoms with Crippen LogP contribution >= 0.6 is 0 Å². The number of hydrogen-bond donors (Lipinski definition) is 1. The summed E-state index contributed by atoms with van der Waals surface area (Å²) in [7, 11) is 0. The van der Waals surface area contributed by atoms with E-state index in [0.29, 0.717) is 25.6 Å². The molecule has 1 heterocycles. The number of nitrogens with zero attached hydrogens (tertiary/aromatic N) is 1. The molecule has 0 saturated heterocycles. The van der Waals surface area contributed by atoms with Crippen LogP contribution in [0.1, 0.15) is 38.2 Å². The monoisotopic (exact) mass is 288 g/mol. The molecule has 3 rings (SSSR count). The van der Waals surface area contributed by atoms with Crippen LogP contribution in [-0.4, -0.2) is 29.5 Å². The molecule has 1 aromatic carbocycles. The normalized spacial score (nSPS) is 29.2. The molecule has 0 radical (unpaired) electrons. The standard InChI is InChI=1S/C17H24N2O2/c1-13-5-4-8-17(18,11-13)16(20)19-9-10-21-15-7-3-2-6-14(15)12-19/h2-3,6-7,13H,4-5,8-12,18H2,1H3. The fourth-order valence-electron chi connectivity index (χ4n) is 3.60. The zero-order valence-electron chi connectivity index (χ0n) is 12.7. The number of fused-ring (bicyclic) bond motifs is 1. The Hall–Kier alpha value is -1.55. The summed E-state index contributed by atoms with van der Waals surface area (Å²) in [6, 6.07) is 7.93. The highest BCUT2D eigenvalue weighted by Gasteiger charge is 2.40. The average Bonchev–Trinajstić information content (AvgIpc) is 2.68. The second kappa shape index (κ2) is 5.68. The van der Waals surface area contributed by atoms with Crippen molar-refractivity contribution >= 4 is 5.91 Å². The first-order valence-corrected chi connectivity index (χ1v) is 7.87. The van der Waals surface area contributed by atoms with Gasteiger partial charge in [-0.3, -0.25) is 4.79 Å². The largest absolute Gasteiger partial charge is 0.491 e. The van der Waals surface area contributed by atoms with Crippen LogP contribution in [0.15, 0.2) is 24.3 Å². The van der Waals surface area contributed by atoms with Crippen LogP contribution in [0.5, 0.6) is 5.75 Å². The predicted molar refractivity (Wildman–Crippen MR) is 81.9 cm³/mol. The first-order valence-electron chi connectivity index (χ1n) is 7.87. The Morgan fingerprint density at radius 1 is 1.43 bits per heavy atom. The molecule has 4 nitrogen and oxygen atoms in total. The number of ether oxygens (including phenoxy) is 1. The molecule has 0 bridgehead atoms. The van der Waals surface area contributed by atoms with Gasteiger partial charge in [0.05, 0.1) is 12.1 Å². The summed E-state index contributed by atoms with van der Waals surface area (Å²) in [5.74, 6) is 1.51. The Morgan fingerprint density at radius 3 is 3.05 bits per heavy atom. The number of nitrogens with two attached hydrogens (primary N) is 1. The van der Waals surface area contributed by atoms with Crippen molar-refractivity contribution in [2.75, 3.05) is 13.2 Å². The molecule has 1 amide bonds. The number of rotatable bonds is 1. The molecule has 2 N–H and O–H groups in total. The van der Waals surface area contributed by atoms with E-state index >= 15 is 0 Å². The van der Waals surface area contributed by atoms with Crippen LogP contribution in [0.25, 0.3) is 0 Å². The zero-order valence-corrected chi connectivity index (χ0v) is 12.7. The Bertz CT molecular complexity index is 531. The van der Waals surface area contributed by atoms with E-state index in [-0.39, 0.29) is 5.91 Å². The van der Waals surface area contributed by atoms with Crippen molar-refractivity contribution in [3.05, 3.63) is 29.8 Å². The molecule has 1 fully saturated rings. The third kappa shape index (κ3) is 2.91. The van der Waals surface area contributed by atoms with Crippen LogP contribution in [-0.2, 0) is 11.3 Å². The molecule has 2 aliphatic rings. The molecule has 1 aromatic rings. The van der Waals surface area contributed by atoms with Crippen molar-refractivity contribution in [2.45, 2.75) is 44.7 Å². The summed E-state index contributed by atoms with van der Waals surface area (Å²) in [4.78, 5) is 14.8. The number of carbonyl (C=O) groups excluding carboxylic acids is 1. The Labute approximate surface area is 126 Å². The Kier molecular flexibility index (Phi) is 3.89. The van der Waals surface area contributed by atoms with Crippen molar-refractivity contribution in [2.24, 2.45) is 11.7 Å². The second-order valence-corrected chi connectivity index (χ2v) is 6.54. The number of para-hydroxylation sites is 1. The molecule has 1 aliphatic heterocycles. The summed E-state index contributed by atoms with van der Waals surface area (Å²) in [6.45, 7) is 3.94. The van der Waals surface area contributed by atoms with Crippen molar-refractivity contribution < 1.29 is 9.53 Å². The van der Waals surface area contributed by atoms with Gasteiger partial charge in [-0.25, -0.2) is 0 Å². The molecule has 0 spiro atoms.